The van der Waals surface area contributed by atoms with Crippen molar-refractivity contribution in [3.8, 4) is 12.5 Å². The van der Waals surface area contributed by atoms with Gasteiger partial charge in [0, 0.05) is 39.9 Å². The molecule has 2 nitrogen and oxygen atoms in total. The van der Waals surface area contributed by atoms with Gasteiger partial charge in [-0.25, -0.2) is 0 Å². The van der Waals surface area contributed by atoms with E-state index in [1.54, 1.807) is 0 Å². The van der Waals surface area contributed by atoms with Gasteiger partial charge in [-0.2, -0.15) is 4.58 Å². The number of hydrogen-bond acceptors (Lipinski definition) is 1. The van der Waals surface area contributed by atoms with E-state index in [-0.39, 0.29) is 10.8 Å². The predicted octanol–water partition coefficient (Wildman–Crippen LogP) is 10.4. The second kappa shape index (κ2) is 10.4. The number of rotatable bonds is 4. The molecule has 0 amide bonds. The minimum Gasteiger partial charge on any atom is -0.273 e. The largest absolute Gasteiger partial charge is 0.273 e. The fourth-order valence-corrected chi connectivity index (χ4v) is 8.12. The maximum atomic E-state index is 7.09. The van der Waals surface area contributed by atoms with E-state index in [0.717, 1.165) is 41.4 Å². The van der Waals surface area contributed by atoms with Crippen LogP contribution in [0.4, 0.5) is 11.4 Å². The van der Waals surface area contributed by atoms with Gasteiger partial charge in [0.05, 0.1) is 11.1 Å². The molecule has 0 saturated carbocycles. The lowest BCUT2D eigenvalue weighted by molar-refractivity contribution is -0.433. The molecule has 2 aliphatic heterocycles. The summed E-state index contributed by atoms with van der Waals surface area (Å²) in [6, 6.07) is 29.1. The topological polar surface area (TPSA) is 6.25 Å². The van der Waals surface area contributed by atoms with Gasteiger partial charge in [0.15, 0.2) is 5.71 Å². The van der Waals surface area contributed by atoms with Crippen molar-refractivity contribution < 1.29 is 4.58 Å². The number of allylic oxidation sites excluding steroid dienone is 8. The van der Waals surface area contributed by atoms with E-state index in [1.165, 1.54) is 49.6 Å². The Morgan fingerprint density at radius 1 is 0.818 bits per heavy atom. The first kappa shape index (κ1) is 28.5. The maximum absolute atomic E-state index is 7.09. The highest BCUT2D eigenvalue weighted by atomic mass is 35.5. The summed E-state index contributed by atoms with van der Waals surface area (Å²) in [4.78, 5) is 2.01. The summed E-state index contributed by atoms with van der Waals surface area (Å²) in [7, 11) is 0. The van der Waals surface area contributed by atoms with Crippen LogP contribution in [0.3, 0.4) is 0 Å². The van der Waals surface area contributed by atoms with E-state index in [9.17, 15) is 0 Å². The Bertz CT molecular complexity index is 2070. The molecule has 4 aromatic rings. The summed E-state index contributed by atoms with van der Waals surface area (Å²) in [6.07, 6.45) is 16.9. The molecule has 3 aliphatic rings. The van der Waals surface area contributed by atoms with E-state index in [2.05, 4.69) is 142 Å². The lowest BCUT2D eigenvalue weighted by Crippen LogP contribution is -2.27. The molecule has 0 radical (unpaired) electrons. The highest BCUT2D eigenvalue weighted by Crippen LogP contribution is 2.51. The maximum Gasteiger partial charge on any atom is 0.210 e. The van der Waals surface area contributed by atoms with E-state index in [0.29, 0.717) is 0 Å². The van der Waals surface area contributed by atoms with Gasteiger partial charge in [0.25, 0.3) is 0 Å². The summed E-state index contributed by atoms with van der Waals surface area (Å²) >= 11 is 7.09. The summed E-state index contributed by atoms with van der Waals surface area (Å²) in [5.74, 6) is 0. The zero-order valence-corrected chi connectivity index (χ0v) is 27.0. The van der Waals surface area contributed by atoms with Crippen LogP contribution in [0, 0.1) is 12.5 Å². The van der Waals surface area contributed by atoms with E-state index in [1.807, 2.05) is 4.90 Å². The number of hydrogen-bond donors (Lipinski definition) is 0. The van der Waals surface area contributed by atoms with E-state index in [4.69, 9.17) is 18.0 Å². The Hall–Kier alpha value is -4.32. The van der Waals surface area contributed by atoms with Gasteiger partial charge in [-0.05, 0) is 90.1 Å². The fourth-order valence-electron chi connectivity index (χ4n) is 7.81. The number of benzene rings is 4. The van der Waals surface area contributed by atoms with Gasteiger partial charge in [-0.1, -0.05) is 98.6 Å². The molecule has 1 aliphatic carbocycles. The van der Waals surface area contributed by atoms with Crippen molar-refractivity contribution in [1.82, 2.24) is 0 Å². The van der Waals surface area contributed by atoms with Crippen LogP contribution in [0.1, 0.15) is 58.6 Å². The van der Waals surface area contributed by atoms with Crippen molar-refractivity contribution in [1.29, 1.82) is 0 Å². The first-order valence-corrected chi connectivity index (χ1v) is 16.0. The van der Waals surface area contributed by atoms with Gasteiger partial charge in [-0.3, -0.25) is 4.90 Å². The molecule has 0 fully saturated rings. The average molecular weight is 594 g/mol. The zero-order chi connectivity index (χ0) is 30.8. The van der Waals surface area contributed by atoms with Gasteiger partial charge < -0.3 is 0 Å². The van der Waals surface area contributed by atoms with Crippen molar-refractivity contribution in [2.75, 3.05) is 11.4 Å². The Labute approximate surface area is 266 Å². The minimum atomic E-state index is -0.245. The molecular weight excluding hydrogens is 556 g/mol. The van der Waals surface area contributed by atoms with Crippen LogP contribution >= 0.6 is 11.6 Å². The van der Waals surface area contributed by atoms with Gasteiger partial charge >= 0.3 is 0 Å². The van der Waals surface area contributed by atoms with Crippen LogP contribution in [-0.2, 0) is 10.8 Å². The smallest absolute Gasteiger partial charge is 0.210 e. The van der Waals surface area contributed by atoms with Crippen LogP contribution < -0.4 is 4.90 Å². The number of halogens is 1. The second-order valence-corrected chi connectivity index (χ2v) is 13.5. The number of terminal acetylenes is 1. The standard InChI is InChI=1S/C41H38ClN2/c1-7-43-33-23-19-27-13-9-11-15-31(27)37(33)40(3,4)35(43)25-21-29-17-18-30(39(29)42)22-26-36-41(5,6)38-32-16-12-10-14-28(32)20-24-34(38)44(36)8-2/h1,9-16,19-26H,8,17-18H2,2-6H3/q+1. The molecule has 3 heteroatoms. The summed E-state index contributed by atoms with van der Waals surface area (Å²) < 4.78 is 2.46. The third kappa shape index (κ3) is 4.14. The van der Waals surface area contributed by atoms with Crippen molar-refractivity contribution >= 4 is 50.2 Å². The molecule has 0 aromatic heterocycles. The van der Waals surface area contributed by atoms with E-state index < -0.39 is 0 Å². The molecule has 0 spiro atoms. The Morgan fingerprint density at radius 2 is 1.48 bits per heavy atom. The SMILES string of the molecule is C#CN1C(=CC=C2CCC(C=CC3=[N+](CC)c4ccc5ccccc5c4C3(C)C)=C2Cl)C(C)(C)c2c1ccc1ccccc21. The Kier molecular flexibility index (Phi) is 6.72. The lowest BCUT2D eigenvalue weighted by atomic mass is 9.79. The minimum absolute atomic E-state index is 0.122. The molecule has 7 rings (SSSR count). The first-order chi connectivity index (χ1) is 21.2. The van der Waals surface area contributed by atoms with Crippen LogP contribution in [0.2, 0.25) is 0 Å². The molecule has 44 heavy (non-hydrogen) atoms. The summed E-state index contributed by atoms with van der Waals surface area (Å²) in [6.45, 7) is 12.4. The lowest BCUT2D eigenvalue weighted by Gasteiger charge is -2.23. The molecule has 0 N–H and O–H groups in total. The Morgan fingerprint density at radius 3 is 2.16 bits per heavy atom. The normalized spacial score (nSPS) is 20.5. The molecule has 4 aromatic carbocycles. The highest BCUT2D eigenvalue weighted by Gasteiger charge is 2.45. The molecule has 0 unspecified atom stereocenters. The second-order valence-electron chi connectivity index (χ2n) is 13.1. The first-order valence-electron chi connectivity index (χ1n) is 15.6. The van der Waals surface area contributed by atoms with Crippen molar-refractivity contribution in [2.45, 2.75) is 58.3 Å². The van der Waals surface area contributed by atoms with Crippen molar-refractivity contribution in [2.24, 2.45) is 0 Å². The van der Waals surface area contributed by atoms with Crippen LogP contribution in [0.25, 0.3) is 21.5 Å². The quantitative estimate of drug-likeness (QED) is 0.168. The number of nitrogens with zero attached hydrogens (tertiary/aromatic N) is 2. The number of fused-ring (bicyclic) bond motifs is 6. The summed E-state index contributed by atoms with van der Waals surface area (Å²) in [5.41, 5.74) is 9.46. The molecule has 0 bridgehead atoms. The van der Waals surface area contributed by atoms with Gasteiger partial charge in [0.1, 0.15) is 6.54 Å². The highest BCUT2D eigenvalue weighted by molar-refractivity contribution is 6.33. The van der Waals surface area contributed by atoms with Gasteiger partial charge in [-0.15, -0.1) is 0 Å². The van der Waals surface area contributed by atoms with Crippen LogP contribution in [-0.4, -0.2) is 16.8 Å². The zero-order valence-electron chi connectivity index (χ0n) is 26.2. The van der Waals surface area contributed by atoms with E-state index >= 15 is 0 Å². The predicted molar refractivity (Wildman–Crippen MR) is 188 cm³/mol. The van der Waals surface area contributed by atoms with Gasteiger partial charge in [0.2, 0.25) is 5.69 Å². The number of anilines is 1. The van der Waals surface area contributed by atoms with Crippen molar-refractivity contribution in [3.63, 3.8) is 0 Å². The molecule has 2 heterocycles. The molecule has 0 saturated heterocycles. The monoisotopic (exact) mass is 593 g/mol. The van der Waals surface area contributed by atoms with Crippen molar-refractivity contribution in [3.05, 3.63) is 130 Å². The van der Waals surface area contributed by atoms with Crippen LogP contribution in [0.5, 0.6) is 0 Å². The molecule has 0 atom stereocenters. The summed E-state index contributed by atoms with van der Waals surface area (Å²) in [5, 5.41) is 5.96. The average Bonchev–Trinajstić information content (AvgIpc) is 3.57. The Balaban J connectivity index is 1.23. The third-order valence-electron chi connectivity index (χ3n) is 9.97. The molecule has 218 valence electrons. The molecular formula is C41H38ClN2+. The fraction of sp³-hybridized carbons (Fsp3) is 0.244. The third-order valence-corrected chi connectivity index (χ3v) is 10.5. The van der Waals surface area contributed by atoms with Crippen LogP contribution in [0.15, 0.2) is 119 Å².